The third-order valence-electron chi connectivity index (χ3n) is 2.71. The Morgan fingerprint density at radius 2 is 2.38 bits per heavy atom. The molecule has 0 aromatic carbocycles. The van der Waals surface area contributed by atoms with Gasteiger partial charge < -0.3 is 4.74 Å². The van der Waals surface area contributed by atoms with Gasteiger partial charge in [-0.1, -0.05) is 6.92 Å². The van der Waals surface area contributed by atoms with Gasteiger partial charge in [0.25, 0.3) is 0 Å². The second-order valence-corrected chi connectivity index (χ2v) is 3.98. The molecule has 92 valence electrons. The topological polar surface area (TPSA) is 65.1 Å². The number of methoxy groups -OCH3 is 1. The van der Waals surface area contributed by atoms with Gasteiger partial charge in [0, 0.05) is 19.9 Å². The van der Waals surface area contributed by atoms with Crippen LogP contribution in [-0.2, 0) is 11.3 Å². The number of ether oxygens (including phenoxy) is 1. The van der Waals surface area contributed by atoms with E-state index in [9.17, 15) is 0 Å². The molecule has 0 radical (unpaired) electrons. The van der Waals surface area contributed by atoms with Crippen LogP contribution in [0.4, 0.5) is 0 Å². The number of aromatic nitrogens is 2. The SMILES string of the molecule is CCCn1nccc1C(CC(C)OC)NN. The molecular weight excluding hydrogens is 204 g/mol. The highest BCUT2D eigenvalue weighted by Gasteiger charge is 2.17. The van der Waals surface area contributed by atoms with Gasteiger partial charge in [-0.2, -0.15) is 5.10 Å². The molecule has 0 aliphatic rings. The Bertz CT molecular complexity index is 300. The van der Waals surface area contributed by atoms with Crippen molar-refractivity contribution < 1.29 is 4.74 Å². The highest BCUT2D eigenvalue weighted by molar-refractivity contribution is 5.07. The highest BCUT2D eigenvalue weighted by Crippen LogP contribution is 2.18. The molecule has 0 saturated carbocycles. The minimum Gasteiger partial charge on any atom is -0.382 e. The van der Waals surface area contributed by atoms with Crippen LogP contribution in [0, 0.1) is 0 Å². The number of nitrogens with one attached hydrogen (secondary N) is 1. The van der Waals surface area contributed by atoms with Crippen LogP contribution in [0.25, 0.3) is 0 Å². The Balaban J connectivity index is 2.73. The fourth-order valence-corrected chi connectivity index (χ4v) is 1.74. The van der Waals surface area contributed by atoms with Crippen molar-refractivity contribution in [1.29, 1.82) is 0 Å². The molecule has 2 atom stereocenters. The zero-order valence-electron chi connectivity index (χ0n) is 10.3. The third kappa shape index (κ3) is 3.30. The van der Waals surface area contributed by atoms with Gasteiger partial charge in [-0.3, -0.25) is 16.0 Å². The molecule has 0 spiro atoms. The molecule has 1 aromatic heterocycles. The Hall–Kier alpha value is -0.910. The number of nitrogens with two attached hydrogens (primary N) is 1. The first kappa shape index (κ1) is 13.2. The van der Waals surface area contributed by atoms with Gasteiger partial charge in [0.1, 0.15) is 0 Å². The number of hydrogen-bond donors (Lipinski definition) is 2. The van der Waals surface area contributed by atoms with Crippen molar-refractivity contribution >= 4 is 0 Å². The largest absolute Gasteiger partial charge is 0.382 e. The number of hydrogen-bond acceptors (Lipinski definition) is 4. The standard InChI is InChI=1S/C11H22N4O/c1-4-7-15-11(5-6-13-15)10(14-12)8-9(2)16-3/h5-6,9-10,14H,4,7-8,12H2,1-3H3. The lowest BCUT2D eigenvalue weighted by Gasteiger charge is -2.20. The van der Waals surface area contributed by atoms with Crippen molar-refractivity contribution in [2.75, 3.05) is 7.11 Å². The van der Waals surface area contributed by atoms with Gasteiger partial charge in [0.2, 0.25) is 0 Å². The predicted octanol–water partition coefficient (Wildman–Crippen LogP) is 1.22. The number of hydrazine groups is 1. The molecule has 3 N–H and O–H groups in total. The van der Waals surface area contributed by atoms with E-state index in [1.165, 1.54) is 0 Å². The zero-order chi connectivity index (χ0) is 12.0. The maximum atomic E-state index is 5.59. The second-order valence-electron chi connectivity index (χ2n) is 3.98. The summed E-state index contributed by atoms with van der Waals surface area (Å²) in [4.78, 5) is 0. The first-order valence-corrected chi connectivity index (χ1v) is 5.73. The quantitative estimate of drug-likeness (QED) is 0.542. The van der Waals surface area contributed by atoms with Crippen molar-refractivity contribution in [1.82, 2.24) is 15.2 Å². The molecule has 1 rings (SSSR count). The summed E-state index contributed by atoms with van der Waals surface area (Å²) < 4.78 is 7.25. The maximum Gasteiger partial charge on any atom is 0.0653 e. The van der Waals surface area contributed by atoms with E-state index in [0.29, 0.717) is 0 Å². The summed E-state index contributed by atoms with van der Waals surface area (Å²) in [6, 6.07) is 2.09. The van der Waals surface area contributed by atoms with E-state index in [-0.39, 0.29) is 12.1 Å². The van der Waals surface area contributed by atoms with Crippen molar-refractivity contribution in [2.24, 2.45) is 5.84 Å². The average molecular weight is 226 g/mol. The van der Waals surface area contributed by atoms with E-state index in [4.69, 9.17) is 10.6 Å². The van der Waals surface area contributed by atoms with Gasteiger partial charge in [-0.25, -0.2) is 0 Å². The smallest absolute Gasteiger partial charge is 0.0653 e. The molecule has 5 heteroatoms. The normalized spacial score (nSPS) is 15.0. The Labute approximate surface area is 96.9 Å². The lowest BCUT2D eigenvalue weighted by molar-refractivity contribution is 0.0993. The predicted molar refractivity (Wildman–Crippen MR) is 63.7 cm³/mol. The van der Waals surface area contributed by atoms with Crippen LogP contribution in [0.5, 0.6) is 0 Å². The first-order valence-electron chi connectivity index (χ1n) is 5.73. The van der Waals surface area contributed by atoms with E-state index in [0.717, 1.165) is 25.1 Å². The van der Waals surface area contributed by atoms with Gasteiger partial charge >= 0.3 is 0 Å². The maximum absolute atomic E-state index is 5.59. The third-order valence-corrected chi connectivity index (χ3v) is 2.71. The summed E-state index contributed by atoms with van der Waals surface area (Å²) in [5.41, 5.74) is 3.95. The molecule has 0 amide bonds. The molecule has 1 aromatic rings. The van der Waals surface area contributed by atoms with Gasteiger partial charge in [0.15, 0.2) is 0 Å². The lowest BCUT2D eigenvalue weighted by atomic mass is 10.1. The first-order chi connectivity index (χ1) is 7.72. The summed E-state index contributed by atoms with van der Waals surface area (Å²) in [6.45, 7) is 5.08. The summed E-state index contributed by atoms with van der Waals surface area (Å²) in [6.07, 6.45) is 3.88. The average Bonchev–Trinajstić information content (AvgIpc) is 2.74. The number of nitrogens with zero attached hydrogens (tertiary/aromatic N) is 2. The molecule has 2 unspecified atom stereocenters. The Morgan fingerprint density at radius 3 is 2.94 bits per heavy atom. The van der Waals surface area contributed by atoms with E-state index in [1.54, 1.807) is 7.11 Å². The van der Waals surface area contributed by atoms with Crippen LogP contribution in [0.1, 0.15) is 38.4 Å². The highest BCUT2D eigenvalue weighted by atomic mass is 16.5. The monoisotopic (exact) mass is 226 g/mol. The van der Waals surface area contributed by atoms with Crippen LogP contribution < -0.4 is 11.3 Å². The van der Waals surface area contributed by atoms with Crippen LogP contribution in [0.2, 0.25) is 0 Å². The Kier molecular flexibility index (Phi) is 5.45. The summed E-state index contributed by atoms with van der Waals surface area (Å²) in [7, 11) is 1.71. The second kappa shape index (κ2) is 6.62. The molecule has 0 aliphatic carbocycles. The van der Waals surface area contributed by atoms with Crippen LogP contribution in [0.3, 0.4) is 0 Å². The fraction of sp³-hybridized carbons (Fsp3) is 0.727. The van der Waals surface area contributed by atoms with E-state index < -0.39 is 0 Å². The van der Waals surface area contributed by atoms with Gasteiger partial charge in [-0.15, -0.1) is 0 Å². The van der Waals surface area contributed by atoms with Crippen LogP contribution >= 0.6 is 0 Å². The molecule has 5 nitrogen and oxygen atoms in total. The lowest BCUT2D eigenvalue weighted by Crippen LogP contribution is -2.32. The molecule has 1 heterocycles. The Morgan fingerprint density at radius 1 is 1.62 bits per heavy atom. The summed E-state index contributed by atoms with van der Waals surface area (Å²) in [5, 5.41) is 4.29. The van der Waals surface area contributed by atoms with Gasteiger partial charge in [0.05, 0.1) is 17.8 Å². The molecule has 0 saturated heterocycles. The summed E-state index contributed by atoms with van der Waals surface area (Å²) in [5.74, 6) is 5.59. The molecule has 0 aliphatic heterocycles. The zero-order valence-corrected chi connectivity index (χ0v) is 10.3. The fourth-order valence-electron chi connectivity index (χ4n) is 1.74. The van der Waals surface area contributed by atoms with Crippen LogP contribution in [0.15, 0.2) is 12.3 Å². The molecule has 0 bridgehead atoms. The minimum atomic E-state index is 0.0870. The van der Waals surface area contributed by atoms with E-state index in [2.05, 4.69) is 17.4 Å². The van der Waals surface area contributed by atoms with Crippen molar-refractivity contribution in [3.8, 4) is 0 Å². The van der Waals surface area contributed by atoms with Crippen molar-refractivity contribution in [3.63, 3.8) is 0 Å². The van der Waals surface area contributed by atoms with Gasteiger partial charge in [-0.05, 0) is 25.8 Å². The minimum absolute atomic E-state index is 0.0870. The van der Waals surface area contributed by atoms with E-state index >= 15 is 0 Å². The van der Waals surface area contributed by atoms with Crippen LogP contribution in [-0.4, -0.2) is 23.0 Å². The molecule has 0 fully saturated rings. The molecule has 16 heavy (non-hydrogen) atoms. The number of rotatable bonds is 7. The van der Waals surface area contributed by atoms with Crippen molar-refractivity contribution in [2.45, 2.75) is 45.4 Å². The van der Waals surface area contributed by atoms with E-state index in [1.807, 2.05) is 23.9 Å². The molecular formula is C11H22N4O. The van der Waals surface area contributed by atoms with Crippen molar-refractivity contribution in [3.05, 3.63) is 18.0 Å². The number of aryl methyl sites for hydroxylation is 1. The summed E-state index contributed by atoms with van der Waals surface area (Å²) >= 11 is 0.